The number of aryl methyl sites for hydroxylation is 1. The quantitative estimate of drug-likeness (QED) is 0.0285. The van der Waals surface area contributed by atoms with E-state index in [2.05, 4.69) is 31.9 Å². The van der Waals surface area contributed by atoms with Crippen molar-refractivity contribution in [3.63, 3.8) is 0 Å². The number of non-ortho nitro benzene ring substituents is 3. The highest BCUT2D eigenvalue weighted by atomic mass is 19.1. The summed E-state index contributed by atoms with van der Waals surface area (Å²) in [6.45, 7) is 2.95. The summed E-state index contributed by atoms with van der Waals surface area (Å²) >= 11 is 0. The van der Waals surface area contributed by atoms with Crippen molar-refractivity contribution in [1.82, 2.24) is 0 Å². The van der Waals surface area contributed by atoms with Crippen LogP contribution in [-0.2, 0) is 4.79 Å². The average Bonchev–Trinajstić information content (AvgIpc) is 2.81. The topological polar surface area (TPSA) is 386 Å². The lowest BCUT2D eigenvalue weighted by molar-refractivity contribution is -0.385. The second kappa shape index (κ2) is 30.3. The van der Waals surface area contributed by atoms with Crippen LogP contribution in [0.15, 0.2) is 211 Å². The molecule has 6 amide bonds. The van der Waals surface area contributed by atoms with Gasteiger partial charge in [0, 0.05) is 77.7 Å². The molecule has 0 atom stereocenters. The van der Waals surface area contributed by atoms with E-state index in [0.717, 1.165) is 30.3 Å². The van der Waals surface area contributed by atoms with E-state index in [-0.39, 0.29) is 73.7 Å². The van der Waals surface area contributed by atoms with Crippen LogP contribution >= 0.6 is 0 Å². The van der Waals surface area contributed by atoms with Gasteiger partial charge in [-0.25, -0.2) is 4.39 Å². The molecular weight excluding hydrogens is 1130 g/mol. The van der Waals surface area contributed by atoms with Gasteiger partial charge in [-0.15, -0.1) is 0 Å². The normalized spacial score (nSPS) is 10.0. The van der Waals surface area contributed by atoms with Gasteiger partial charge in [-0.2, -0.15) is 0 Å². The van der Waals surface area contributed by atoms with Gasteiger partial charge in [-0.05, 0) is 97.9 Å². The maximum atomic E-state index is 13.8. The van der Waals surface area contributed by atoms with E-state index in [1.54, 1.807) is 110 Å². The molecule has 0 saturated carbocycles. The Bertz CT molecular complexity index is 4030. The number of furan rings is 1. The number of nitro groups is 4. The second-order valence-electron chi connectivity index (χ2n) is 17.8. The number of halogens is 1. The highest BCUT2D eigenvalue weighted by Gasteiger charge is 2.23. The summed E-state index contributed by atoms with van der Waals surface area (Å²) in [6.07, 6.45) is 1.34. The van der Waals surface area contributed by atoms with Crippen LogP contribution in [0.4, 0.5) is 67.0 Å². The number of nitrogens with two attached hydrogens (primary N) is 1. The molecule has 8 aromatic carbocycles. The molecule has 26 nitrogen and oxygen atoms in total. The third kappa shape index (κ3) is 18.6. The predicted octanol–water partition coefficient (Wildman–Crippen LogP) is 12.2. The minimum atomic E-state index is -0.777. The van der Waals surface area contributed by atoms with Gasteiger partial charge in [0.05, 0.1) is 65.3 Å². The molecule has 87 heavy (non-hydrogen) atoms. The first-order valence-electron chi connectivity index (χ1n) is 25.2. The molecule has 27 heteroatoms. The molecule has 0 spiro atoms. The van der Waals surface area contributed by atoms with Gasteiger partial charge in [-0.1, -0.05) is 66.7 Å². The van der Waals surface area contributed by atoms with Crippen molar-refractivity contribution >= 4 is 98.0 Å². The number of hydrogen-bond donors (Lipinski definition) is 7. The number of nitrogens with one attached hydrogen (secondary N) is 6. The Hall–Kier alpha value is -12.8. The molecule has 1 heterocycles. The molecule has 0 aliphatic rings. The minimum Gasteiger partial charge on any atom is -0.459 e. The Balaban J connectivity index is 0.000000193. The smallest absolute Gasteiger partial charge is 0.291 e. The zero-order valence-electron chi connectivity index (χ0n) is 45.5. The third-order valence-electron chi connectivity index (χ3n) is 11.6. The standard InChI is InChI=1S/C20H14FN3O4.C18H13N3O5.C15H13N3O4.C7H8N2O2/c21-17-9-5-4-8-15(17)19(25)23-18-11-10-14(24(27)28)12-16(18)20(26)22-13-6-2-1-3-7-13;22-17(19-12-5-2-1-3-6-12)14-11-13(21(24)25)8-9-15(14)20-18(23)16-7-4-10-26-16;1-10(19)16-14-8-7-12(18(21)22)9-13(14)15(20)17-11-5-3-2-4-6-11;1-5-4-6(8)2-3-7(5)9(10)11/h1-12H,(H,22,26)(H,23,25);1-11H,(H,19,22)(H,20,23);2-9H,1H3,(H,16,19)(H,17,20);2-4H,8H2,1H3. The molecule has 0 fully saturated rings. The Labute approximate surface area is 491 Å². The first-order chi connectivity index (χ1) is 41.6. The monoisotopic (exact) mass is 1180 g/mol. The molecule has 8 N–H and O–H groups in total. The molecule has 0 saturated heterocycles. The van der Waals surface area contributed by atoms with Crippen LogP contribution in [0.1, 0.15) is 64.5 Å². The molecule has 1 aromatic heterocycles. The fourth-order valence-corrected chi connectivity index (χ4v) is 7.49. The number of rotatable bonds is 15. The second-order valence-corrected chi connectivity index (χ2v) is 17.8. The third-order valence-corrected chi connectivity index (χ3v) is 11.6. The van der Waals surface area contributed by atoms with Crippen molar-refractivity contribution in [2.75, 3.05) is 37.6 Å². The first-order valence-corrected chi connectivity index (χ1v) is 25.2. The van der Waals surface area contributed by atoms with Crippen molar-refractivity contribution in [3.8, 4) is 0 Å². The number of hydrogen-bond acceptors (Lipinski definition) is 16. The zero-order valence-corrected chi connectivity index (χ0v) is 45.5. The number of para-hydroxylation sites is 3. The lowest BCUT2D eigenvalue weighted by Gasteiger charge is -2.12. The van der Waals surface area contributed by atoms with Crippen LogP contribution < -0.4 is 37.6 Å². The highest BCUT2D eigenvalue weighted by molar-refractivity contribution is 6.14. The van der Waals surface area contributed by atoms with E-state index in [1.165, 1.54) is 79.9 Å². The molecule has 440 valence electrons. The van der Waals surface area contributed by atoms with Crippen molar-refractivity contribution in [2.24, 2.45) is 0 Å². The van der Waals surface area contributed by atoms with Crippen molar-refractivity contribution in [1.29, 1.82) is 0 Å². The Morgan fingerprint density at radius 1 is 0.414 bits per heavy atom. The Morgan fingerprint density at radius 2 is 0.793 bits per heavy atom. The number of nitrogens with zero attached hydrogens (tertiary/aromatic N) is 4. The van der Waals surface area contributed by atoms with Crippen LogP contribution in [0.2, 0.25) is 0 Å². The molecule has 0 bridgehead atoms. The molecule has 9 aromatic rings. The minimum absolute atomic E-state index is 0.0206. The zero-order chi connectivity index (χ0) is 63.2. The van der Waals surface area contributed by atoms with Gasteiger partial charge in [0.1, 0.15) is 5.82 Å². The maximum absolute atomic E-state index is 13.8. The number of amides is 6. The summed E-state index contributed by atoms with van der Waals surface area (Å²) in [6, 6.07) is 49.4. The van der Waals surface area contributed by atoms with Gasteiger partial charge in [0.25, 0.3) is 52.3 Å². The fourth-order valence-electron chi connectivity index (χ4n) is 7.49. The van der Waals surface area contributed by atoms with Crippen LogP contribution in [0.3, 0.4) is 0 Å². The number of anilines is 7. The largest absolute Gasteiger partial charge is 0.459 e. The van der Waals surface area contributed by atoms with E-state index in [4.69, 9.17) is 10.2 Å². The van der Waals surface area contributed by atoms with Crippen molar-refractivity contribution < 1.29 is 57.3 Å². The average molecular weight is 1180 g/mol. The summed E-state index contributed by atoms with van der Waals surface area (Å²) < 4.78 is 18.8. The lowest BCUT2D eigenvalue weighted by atomic mass is 10.1. The Morgan fingerprint density at radius 3 is 1.15 bits per heavy atom. The first kappa shape index (κ1) is 63.4. The summed E-state index contributed by atoms with van der Waals surface area (Å²) in [5.74, 6) is -4.18. The number of nitro benzene ring substituents is 4. The molecular formula is C60H48FN11O15. The predicted molar refractivity (Wildman–Crippen MR) is 320 cm³/mol. The van der Waals surface area contributed by atoms with Crippen LogP contribution in [0.25, 0.3) is 0 Å². The maximum Gasteiger partial charge on any atom is 0.291 e. The van der Waals surface area contributed by atoms with Crippen LogP contribution in [-0.4, -0.2) is 55.1 Å². The van der Waals surface area contributed by atoms with Crippen LogP contribution in [0.5, 0.6) is 0 Å². The summed E-state index contributed by atoms with van der Waals surface area (Å²) in [5, 5.41) is 58.6. The van der Waals surface area contributed by atoms with Crippen LogP contribution in [0, 0.1) is 53.2 Å². The fraction of sp³-hybridized carbons (Fsp3) is 0.0333. The van der Waals surface area contributed by atoms with Gasteiger partial charge in [0.2, 0.25) is 5.91 Å². The van der Waals surface area contributed by atoms with E-state index in [9.17, 15) is 73.6 Å². The van der Waals surface area contributed by atoms with Crippen molar-refractivity contribution in [3.05, 3.63) is 286 Å². The highest BCUT2D eigenvalue weighted by Crippen LogP contribution is 2.28. The number of nitrogen functional groups attached to an aromatic ring is 1. The van der Waals surface area contributed by atoms with Gasteiger partial charge in [0.15, 0.2) is 5.76 Å². The lowest BCUT2D eigenvalue weighted by Crippen LogP contribution is -2.19. The SMILES string of the molecule is CC(=O)Nc1ccc([N+](=O)[O-])cc1C(=O)Nc1ccccc1.Cc1cc(N)ccc1[N+](=O)[O-].O=C(Nc1ccc([N+](=O)[O-])cc1C(=O)Nc1ccccc1)c1ccccc1F.O=C(Nc1ccc([N+](=O)[O-])cc1C(=O)Nc1ccccc1)c1ccco1. The Kier molecular flexibility index (Phi) is 22.1. The summed E-state index contributed by atoms with van der Waals surface area (Å²) in [5.41, 5.74) is 7.40. The van der Waals surface area contributed by atoms with E-state index in [0.29, 0.717) is 28.3 Å². The van der Waals surface area contributed by atoms with E-state index >= 15 is 0 Å². The number of carbonyl (C=O) groups excluding carboxylic acids is 6. The summed E-state index contributed by atoms with van der Waals surface area (Å²) in [4.78, 5) is 114. The molecule has 9 rings (SSSR count). The molecule has 0 unspecified atom stereocenters. The molecule has 0 aliphatic carbocycles. The van der Waals surface area contributed by atoms with Gasteiger partial charge < -0.3 is 42.1 Å². The van der Waals surface area contributed by atoms with Crippen molar-refractivity contribution in [2.45, 2.75) is 13.8 Å². The van der Waals surface area contributed by atoms with E-state index < -0.39 is 55.0 Å². The number of benzene rings is 8. The van der Waals surface area contributed by atoms with Gasteiger partial charge >= 0.3 is 0 Å². The molecule has 0 aliphatic heterocycles. The number of carbonyl (C=O) groups is 6. The van der Waals surface area contributed by atoms with E-state index in [1.807, 2.05) is 0 Å². The summed E-state index contributed by atoms with van der Waals surface area (Å²) in [7, 11) is 0. The van der Waals surface area contributed by atoms with Gasteiger partial charge in [-0.3, -0.25) is 69.2 Å². The molecule has 0 radical (unpaired) electrons.